The Hall–Kier alpha value is -4.12. The van der Waals surface area contributed by atoms with Crippen molar-refractivity contribution in [3.05, 3.63) is 122 Å². The van der Waals surface area contributed by atoms with Gasteiger partial charge in [0.05, 0.1) is 19.8 Å². The van der Waals surface area contributed by atoms with Crippen LogP contribution in [0.25, 0.3) is 0 Å². The number of unbranched alkanes of at least 4 members (excludes halogenated alkanes) is 24. The van der Waals surface area contributed by atoms with Crippen molar-refractivity contribution in [2.45, 2.75) is 290 Å². The van der Waals surface area contributed by atoms with Crippen LogP contribution in [0.1, 0.15) is 278 Å². The Morgan fingerprint density at radius 2 is 0.619 bits per heavy atom. The van der Waals surface area contributed by atoms with Gasteiger partial charge in [-0.15, -0.1) is 0 Å². The standard InChI is InChI=1S/C72H121O11P/c1-4-7-10-13-16-19-22-25-28-31-34-37-40-43-46-49-52-55-58-61-70(74)79-65-69(83-72(76)63-60-57-54-51-48-45-42-39-36-33-30-27-24-21-18-15-12-9-6-3)67-81-84(77,78)80-66-68(64-73)82-71(75)62-59-56-53-50-47-44-41-38-35-32-29-26-23-20-17-14-11-8-5-2/h7,10,16-21,25-30,34-39,68-69,73H,4-6,8-9,11-15,22-24,31-33,40-67H2,1-3H3,(H,77,78)/b10-7-,19-16-,20-17-,21-18-,28-25-,29-26-,30-27-,37-34-,38-35-,39-36-. The monoisotopic (exact) mass is 1190 g/mol. The predicted octanol–water partition coefficient (Wildman–Crippen LogP) is 20.7. The van der Waals surface area contributed by atoms with Crippen molar-refractivity contribution < 1.29 is 52.2 Å². The summed E-state index contributed by atoms with van der Waals surface area (Å²) in [7, 11) is -4.78. The van der Waals surface area contributed by atoms with E-state index >= 15 is 0 Å². The molecule has 0 aliphatic heterocycles. The normalized spacial score (nSPS) is 14.0. The van der Waals surface area contributed by atoms with Crippen LogP contribution in [0.3, 0.4) is 0 Å². The van der Waals surface area contributed by atoms with Crippen molar-refractivity contribution in [1.82, 2.24) is 0 Å². The van der Waals surface area contributed by atoms with Gasteiger partial charge in [0.2, 0.25) is 0 Å². The Balaban J connectivity index is 4.77. The molecule has 0 rings (SSSR count). The van der Waals surface area contributed by atoms with Gasteiger partial charge in [-0.1, -0.05) is 245 Å². The van der Waals surface area contributed by atoms with Crippen LogP contribution in [0.2, 0.25) is 0 Å². The number of hydrogen-bond donors (Lipinski definition) is 2. The van der Waals surface area contributed by atoms with Gasteiger partial charge in [0.25, 0.3) is 0 Å². The lowest BCUT2D eigenvalue weighted by Gasteiger charge is -2.21. The number of hydrogen-bond acceptors (Lipinski definition) is 10. The third-order valence-electron chi connectivity index (χ3n) is 13.8. The SMILES string of the molecule is CC/C=C\C/C=C\C/C=C\C/C=C\CCCCCCCCC(=O)OCC(COP(=O)(O)OCC(CO)OC(=O)CCCCCCCC/C=C\C/C=C\C/C=C\CCCCC)OC(=O)CCCCCCCC/C=C\C/C=C\C/C=C\CCCCC. The van der Waals surface area contributed by atoms with E-state index in [4.69, 9.17) is 23.3 Å². The number of aliphatic hydroxyl groups is 1. The Morgan fingerprint density at radius 3 is 0.952 bits per heavy atom. The highest BCUT2D eigenvalue weighted by atomic mass is 31.2. The second-order valence-electron chi connectivity index (χ2n) is 21.9. The van der Waals surface area contributed by atoms with E-state index in [9.17, 15) is 28.9 Å². The molecule has 12 heteroatoms. The van der Waals surface area contributed by atoms with E-state index in [1.165, 1.54) is 51.4 Å². The molecule has 84 heavy (non-hydrogen) atoms. The van der Waals surface area contributed by atoms with Crippen LogP contribution < -0.4 is 0 Å². The molecule has 0 heterocycles. The molecule has 0 aromatic rings. The smallest absolute Gasteiger partial charge is 0.462 e. The molecule has 0 saturated carbocycles. The van der Waals surface area contributed by atoms with Gasteiger partial charge in [-0.3, -0.25) is 23.4 Å². The van der Waals surface area contributed by atoms with Crippen LogP contribution in [-0.4, -0.2) is 66.5 Å². The second kappa shape index (κ2) is 64.9. The van der Waals surface area contributed by atoms with Gasteiger partial charge in [0.1, 0.15) is 12.7 Å². The minimum atomic E-state index is -4.78. The highest BCUT2D eigenvalue weighted by molar-refractivity contribution is 7.47. The highest BCUT2D eigenvalue weighted by Gasteiger charge is 2.28. The zero-order valence-electron chi connectivity index (χ0n) is 53.3. The average molecular weight is 1190 g/mol. The first-order chi connectivity index (χ1) is 41.2. The number of rotatable bonds is 61. The maximum Gasteiger partial charge on any atom is 0.472 e. The summed E-state index contributed by atoms with van der Waals surface area (Å²) in [4.78, 5) is 48.9. The minimum absolute atomic E-state index is 0.143. The zero-order chi connectivity index (χ0) is 61.2. The number of phosphoric ester groups is 1. The summed E-state index contributed by atoms with van der Waals surface area (Å²) in [6, 6.07) is 0. The fourth-order valence-corrected chi connectivity index (χ4v) is 9.56. The van der Waals surface area contributed by atoms with Gasteiger partial charge >= 0.3 is 25.7 Å². The third-order valence-corrected chi connectivity index (χ3v) is 14.8. The Bertz CT molecular complexity index is 1870. The predicted molar refractivity (Wildman–Crippen MR) is 353 cm³/mol. The van der Waals surface area contributed by atoms with E-state index < -0.39 is 57.8 Å². The number of phosphoric acid groups is 1. The molecule has 3 unspecified atom stereocenters. The molecule has 0 saturated heterocycles. The maximum atomic E-state index is 13.0. The molecule has 0 radical (unpaired) electrons. The van der Waals surface area contributed by atoms with Gasteiger partial charge in [-0.25, -0.2) is 4.57 Å². The number of carbonyl (C=O) groups excluding carboxylic acids is 3. The van der Waals surface area contributed by atoms with Gasteiger partial charge in [0.15, 0.2) is 6.10 Å². The van der Waals surface area contributed by atoms with E-state index in [1.807, 2.05) is 0 Å². The largest absolute Gasteiger partial charge is 0.472 e. The maximum absolute atomic E-state index is 13.0. The fraction of sp³-hybridized carbons (Fsp3) is 0.681. The van der Waals surface area contributed by atoms with Crippen molar-refractivity contribution in [2.75, 3.05) is 26.4 Å². The number of esters is 3. The zero-order valence-corrected chi connectivity index (χ0v) is 54.2. The van der Waals surface area contributed by atoms with Crippen LogP contribution in [0.5, 0.6) is 0 Å². The summed E-state index contributed by atoms with van der Waals surface area (Å²) in [5, 5.41) is 9.87. The minimum Gasteiger partial charge on any atom is -0.462 e. The van der Waals surface area contributed by atoms with Crippen molar-refractivity contribution in [3.63, 3.8) is 0 Å². The summed E-state index contributed by atoms with van der Waals surface area (Å²) in [6.45, 7) is 4.45. The van der Waals surface area contributed by atoms with Gasteiger partial charge in [-0.05, 0) is 135 Å². The molecule has 0 fully saturated rings. The van der Waals surface area contributed by atoms with Crippen LogP contribution >= 0.6 is 7.82 Å². The van der Waals surface area contributed by atoms with E-state index in [0.29, 0.717) is 19.3 Å². The van der Waals surface area contributed by atoms with Crippen molar-refractivity contribution in [1.29, 1.82) is 0 Å². The second-order valence-corrected chi connectivity index (χ2v) is 23.3. The topological polar surface area (TPSA) is 155 Å². The summed E-state index contributed by atoms with van der Waals surface area (Å²) in [5.41, 5.74) is 0. The number of aliphatic hydroxyl groups excluding tert-OH is 1. The Labute approximate surface area is 513 Å². The molecule has 0 aromatic carbocycles. The lowest BCUT2D eigenvalue weighted by Crippen LogP contribution is -2.30. The molecule has 3 atom stereocenters. The molecule has 0 bridgehead atoms. The molecule has 0 spiro atoms. The third kappa shape index (κ3) is 62.4. The van der Waals surface area contributed by atoms with Gasteiger partial charge < -0.3 is 24.2 Å². The number of carbonyl (C=O) groups is 3. The molecular formula is C72H121O11P. The average Bonchev–Trinajstić information content (AvgIpc) is 3.55. The first-order valence-electron chi connectivity index (χ1n) is 33.4. The molecule has 0 aliphatic rings. The lowest BCUT2D eigenvalue weighted by molar-refractivity contribution is -0.161. The number of ether oxygens (including phenoxy) is 3. The van der Waals surface area contributed by atoms with Crippen molar-refractivity contribution in [3.8, 4) is 0 Å². The summed E-state index contributed by atoms with van der Waals surface area (Å²) in [5.74, 6) is -1.51. The van der Waals surface area contributed by atoms with Crippen LogP contribution in [0, 0.1) is 0 Å². The molecule has 11 nitrogen and oxygen atoms in total. The molecule has 2 N–H and O–H groups in total. The van der Waals surface area contributed by atoms with Gasteiger partial charge in [0, 0.05) is 19.3 Å². The van der Waals surface area contributed by atoms with Crippen molar-refractivity contribution >= 4 is 25.7 Å². The quantitative estimate of drug-likeness (QED) is 0.0197. The highest BCUT2D eigenvalue weighted by Crippen LogP contribution is 2.43. The van der Waals surface area contributed by atoms with Crippen molar-refractivity contribution in [2.24, 2.45) is 0 Å². The van der Waals surface area contributed by atoms with E-state index in [1.54, 1.807) is 0 Å². The van der Waals surface area contributed by atoms with Gasteiger partial charge in [-0.2, -0.15) is 0 Å². The Kier molecular flexibility index (Phi) is 61.7. The van der Waals surface area contributed by atoms with E-state index in [2.05, 4.69) is 142 Å². The molecule has 0 amide bonds. The number of allylic oxidation sites excluding steroid dienone is 20. The first-order valence-corrected chi connectivity index (χ1v) is 34.9. The fourth-order valence-electron chi connectivity index (χ4n) is 8.77. The molecule has 0 aromatic heterocycles. The summed E-state index contributed by atoms with van der Waals surface area (Å²) < 4.78 is 39.7. The molecule has 0 aliphatic carbocycles. The van der Waals surface area contributed by atoms with E-state index in [-0.39, 0.29) is 25.9 Å². The van der Waals surface area contributed by atoms with Crippen LogP contribution in [-0.2, 0) is 42.2 Å². The first kappa shape index (κ1) is 79.9. The van der Waals surface area contributed by atoms with E-state index in [0.717, 1.165) is 167 Å². The van der Waals surface area contributed by atoms with Crippen LogP contribution in [0.15, 0.2) is 122 Å². The van der Waals surface area contributed by atoms with Crippen LogP contribution in [0.4, 0.5) is 0 Å². The molecular weight excluding hydrogens is 1070 g/mol. The summed E-state index contributed by atoms with van der Waals surface area (Å²) >= 11 is 0. The Morgan fingerprint density at radius 1 is 0.345 bits per heavy atom. The summed E-state index contributed by atoms with van der Waals surface area (Å²) in [6.07, 6.45) is 81.3. The lowest BCUT2D eigenvalue weighted by atomic mass is 10.1. The molecule has 480 valence electrons.